The molecule has 1 amide bonds. The van der Waals surface area contributed by atoms with Crippen LogP contribution in [0.4, 0.5) is 23.0 Å². The van der Waals surface area contributed by atoms with Gasteiger partial charge in [-0.1, -0.05) is 12.1 Å². The smallest absolute Gasteiger partial charge is 0.257 e. The fourth-order valence-electron chi connectivity index (χ4n) is 3.82. The van der Waals surface area contributed by atoms with E-state index in [1.807, 2.05) is 55.5 Å². The van der Waals surface area contributed by atoms with E-state index in [4.69, 9.17) is 4.74 Å². The molecule has 180 valence electrons. The van der Waals surface area contributed by atoms with Crippen LogP contribution in [0.2, 0.25) is 0 Å². The summed E-state index contributed by atoms with van der Waals surface area (Å²) in [6.45, 7) is 5.22. The molecule has 0 unspecified atom stereocenters. The van der Waals surface area contributed by atoms with E-state index in [1.165, 1.54) is 5.69 Å². The lowest BCUT2D eigenvalue weighted by molar-refractivity contribution is 0.102. The second-order valence-corrected chi connectivity index (χ2v) is 8.26. The first-order chi connectivity index (χ1) is 17.1. The summed E-state index contributed by atoms with van der Waals surface area (Å²) in [5, 5.41) is 6.17. The van der Waals surface area contributed by atoms with Crippen LogP contribution in [0.1, 0.15) is 18.9 Å². The number of ether oxygens (including phenoxy) is 1. The zero-order valence-corrected chi connectivity index (χ0v) is 19.4. The van der Waals surface area contributed by atoms with E-state index in [0.717, 1.165) is 48.9 Å². The van der Waals surface area contributed by atoms with Crippen LogP contribution in [0, 0.1) is 6.92 Å². The largest absolute Gasteiger partial charge is 0.378 e. The van der Waals surface area contributed by atoms with Gasteiger partial charge in [0.25, 0.3) is 5.91 Å². The topological polar surface area (TPSA) is 92.3 Å². The lowest BCUT2D eigenvalue weighted by atomic mass is 10.1. The predicted molar refractivity (Wildman–Crippen MR) is 141 cm³/mol. The first-order valence-corrected chi connectivity index (χ1v) is 11.5. The number of carbonyl (C=O) groups excluding carboxylic acids is 1. The number of amides is 1. The minimum absolute atomic E-state index is 0. The van der Waals surface area contributed by atoms with Gasteiger partial charge in [-0.2, -0.15) is 0 Å². The van der Waals surface area contributed by atoms with E-state index in [1.54, 1.807) is 18.5 Å². The van der Waals surface area contributed by atoms with E-state index in [2.05, 4.69) is 42.6 Å². The average molecular weight is 471 g/mol. The SMILES string of the molecule is Cc1ccc(C(=O)Nc2ccc(-c3ccnc(Nc4ccc(N5CCOCC5)cc4)n3)cc2)cn1.[HH].[HH]. The molecule has 0 spiro atoms. The number of anilines is 4. The molecule has 5 rings (SSSR count). The number of nitrogens with zero attached hydrogens (tertiary/aromatic N) is 4. The van der Waals surface area contributed by atoms with Crippen molar-refractivity contribution in [3.63, 3.8) is 0 Å². The Labute approximate surface area is 207 Å². The van der Waals surface area contributed by atoms with Crippen LogP contribution < -0.4 is 15.5 Å². The molecule has 35 heavy (non-hydrogen) atoms. The molecule has 2 aromatic heterocycles. The Hall–Kier alpha value is -4.30. The molecule has 0 bridgehead atoms. The van der Waals surface area contributed by atoms with Gasteiger partial charge in [-0.15, -0.1) is 0 Å². The first kappa shape index (κ1) is 22.5. The Morgan fingerprint density at radius 2 is 1.66 bits per heavy atom. The van der Waals surface area contributed by atoms with Gasteiger partial charge in [0, 0.05) is 56.7 Å². The second-order valence-electron chi connectivity index (χ2n) is 8.26. The van der Waals surface area contributed by atoms with Crippen LogP contribution in [-0.2, 0) is 4.74 Å². The molecule has 8 nitrogen and oxygen atoms in total. The average Bonchev–Trinajstić information content (AvgIpc) is 2.91. The molecule has 4 aromatic rings. The summed E-state index contributed by atoms with van der Waals surface area (Å²) in [4.78, 5) is 27.9. The summed E-state index contributed by atoms with van der Waals surface area (Å²) in [6.07, 6.45) is 3.30. The quantitative estimate of drug-likeness (QED) is 0.401. The fourth-order valence-corrected chi connectivity index (χ4v) is 3.82. The van der Waals surface area contributed by atoms with E-state index >= 15 is 0 Å². The number of hydrogen-bond donors (Lipinski definition) is 2. The van der Waals surface area contributed by atoms with E-state index in [0.29, 0.717) is 17.2 Å². The Balaban J connectivity index is 0.00000190. The Kier molecular flexibility index (Phi) is 6.63. The second kappa shape index (κ2) is 10.3. The van der Waals surface area contributed by atoms with Crippen molar-refractivity contribution in [3.05, 3.63) is 90.4 Å². The summed E-state index contributed by atoms with van der Waals surface area (Å²) < 4.78 is 5.43. The maximum Gasteiger partial charge on any atom is 0.257 e. The normalized spacial score (nSPS) is 13.3. The van der Waals surface area contributed by atoms with Crippen LogP contribution in [0.3, 0.4) is 0 Å². The highest BCUT2D eigenvalue weighted by molar-refractivity contribution is 6.04. The number of nitrogens with one attached hydrogen (secondary N) is 2. The molecule has 3 heterocycles. The van der Waals surface area contributed by atoms with Crippen LogP contribution in [0.25, 0.3) is 11.3 Å². The molecule has 1 aliphatic heterocycles. The monoisotopic (exact) mass is 470 g/mol. The third-order valence-electron chi connectivity index (χ3n) is 5.77. The fraction of sp³-hybridized carbons (Fsp3) is 0.185. The minimum atomic E-state index is -0.196. The Morgan fingerprint density at radius 1 is 0.914 bits per heavy atom. The summed E-state index contributed by atoms with van der Waals surface area (Å²) >= 11 is 0. The first-order valence-electron chi connectivity index (χ1n) is 11.5. The lowest BCUT2D eigenvalue weighted by Gasteiger charge is -2.28. The maximum atomic E-state index is 12.4. The summed E-state index contributed by atoms with van der Waals surface area (Å²) in [6, 6.07) is 21.2. The molecule has 0 aliphatic carbocycles. The van der Waals surface area contributed by atoms with Crippen LogP contribution in [-0.4, -0.2) is 47.2 Å². The van der Waals surface area contributed by atoms with Crippen molar-refractivity contribution >= 4 is 28.9 Å². The number of benzene rings is 2. The van der Waals surface area contributed by atoms with E-state index < -0.39 is 0 Å². The highest BCUT2D eigenvalue weighted by atomic mass is 16.5. The molecular formula is C27H30N6O2. The molecule has 1 saturated heterocycles. The zero-order chi connectivity index (χ0) is 24.0. The number of hydrogen-bond acceptors (Lipinski definition) is 7. The zero-order valence-electron chi connectivity index (χ0n) is 19.4. The van der Waals surface area contributed by atoms with E-state index in [9.17, 15) is 4.79 Å². The van der Waals surface area contributed by atoms with Gasteiger partial charge in [0.15, 0.2) is 0 Å². The van der Waals surface area contributed by atoms with Crippen molar-refractivity contribution in [2.75, 3.05) is 41.8 Å². The molecule has 1 aliphatic rings. The van der Waals surface area contributed by atoms with Gasteiger partial charge >= 0.3 is 0 Å². The Morgan fingerprint density at radius 3 is 2.37 bits per heavy atom. The van der Waals surface area contributed by atoms with Gasteiger partial charge < -0.3 is 20.3 Å². The standard InChI is InChI=1S/C27H26N6O2.2H2/c1-19-2-3-21(18-29-19)26(34)30-22-6-4-20(5-7-22)25-12-13-28-27(32-25)31-23-8-10-24(11-9-23)33-14-16-35-17-15-33;;/h2-13,18H,14-17H2,1H3,(H,30,34)(H,28,31,32);2*1H. The maximum absolute atomic E-state index is 12.4. The van der Waals surface area contributed by atoms with Crippen molar-refractivity contribution in [2.45, 2.75) is 6.92 Å². The number of pyridine rings is 1. The summed E-state index contributed by atoms with van der Waals surface area (Å²) in [5.41, 5.74) is 5.90. The molecular weight excluding hydrogens is 440 g/mol. The van der Waals surface area contributed by atoms with Crippen LogP contribution in [0.5, 0.6) is 0 Å². The molecule has 0 saturated carbocycles. The van der Waals surface area contributed by atoms with Crippen LogP contribution in [0.15, 0.2) is 79.1 Å². The molecule has 0 atom stereocenters. The van der Waals surface area contributed by atoms with Crippen molar-refractivity contribution < 1.29 is 12.4 Å². The molecule has 0 radical (unpaired) electrons. The highest BCUT2D eigenvalue weighted by Gasteiger charge is 2.11. The van der Waals surface area contributed by atoms with Crippen molar-refractivity contribution in [1.82, 2.24) is 15.0 Å². The number of carbonyl (C=O) groups is 1. The van der Waals surface area contributed by atoms with Gasteiger partial charge in [-0.05, 0) is 61.5 Å². The van der Waals surface area contributed by atoms with Crippen molar-refractivity contribution in [2.24, 2.45) is 0 Å². The Bertz CT molecular complexity index is 1300. The highest BCUT2D eigenvalue weighted by Crippen LogP contribution is 2.23. The van der Waals surface area contributed by atoms with Gasteiger partial charge in [0.1, 0.15) is 0 Å². The van der Waals surface area contributed by atoms with Gasteiger partial charge in [-0.25, -0.2) is 9.97 Å². The lowest BCUT2D eigenvalue weighted by Crippen LogP contribution is -2.36. The van der Waals surface area contributed by atoms with Crippen LogP contribution >= 0.6 is 0 Å². The number of morpholine rings is 1. The summed E-state index contributed by atoms with van der Waals surface area (Å²) in [7, 11) is 0. The molecule has 1 fully saturated rings. The predicted octanol–water partition coefficient (Wildman–Crippen LogP) is 5.17. The molecule has 8 heteroatoms. The number of aryl methyl sites for hydroxylation is 1. The number of rotatable bonds is 6. The molecule has 2 aromatic carbocycles. The third-order valence-corrected chi connectivity index (χ3v) is 5.77. The van der Waals surface area contributed by atoms with Gasteiger partial charge in [0.2, 0.25) is 5.95 Å². The van der Waals surface area contributed by atoms with Gasteiger partial charge in [-0.3, -0.25) is 9.78 Å². The van der Waals surface area contributed by atoms with E-state index in [-0.39, 0.29) is 8.76 Å². The summed E-state index contributed by atoms with van der Waals surface area (Å²) in [5.74, 6) is 0.323. The van der Waals surface area contributed by atoms with Gasteiger partial charge in [0.05, 0.1) is 24.5 Å². The van der Waals surface area contributed by atoms with Crippen molar-refractivity contribution in [1.29, 1.82) is 0 Å². The number of aromatic nitrogens is 3. The van der Waals surface area contributed by atoms with Crippen molar-refractivity contribution in [3.8, 4) is 11.3 Å². The third kappa shape index (κ3) is 5.62. The minimum Gasteiger partial charge on any atom is -0.378 e. The molecule has 2 N–H and O–H groups in total.